The Bertz CT molecular complexity index is 306. The molecule has 0 aliphatic carbocycles. The van der Waals surface area contributed by atoms with Gasteiger partial charge in [0.05, 0.1) is 25.5 Å². The van der Waals surface area contributed by atoms with Crippen LogP contribution in [-0.2, 0) is 11.3 Å². The summed E-state index contributed by atoms with van der Waals surface area (Å²) < 4.78 is 5.16. The number of hydrogen-bond acceptors (Lipinski definition) is 3. The average Bonchev–Trinajstić information content (AvgIpc) is 2.80. The Morgan fingerprint density at radius 2 is 2.40 bits per heavy atom. The number of nitrogens with one attached hydrogen (secondary N) is 2. The number of rotatable bonds is 2. The van der Waals surface area contributed by atoms with Gasteiger partial charge in [-0.1, -0.05) is 0 Å². The second-order valence-corrected chi connectivity index (χ2v) is 3.34. The Morgan fingerprint density at radius 3 is 3.07 bits per heavy atom. The van der Waals surface area contributed by atoms with Crippen molar-refractivity contribution in [2.24, 2.45) is 0 Å². The summed E-state index contributed by atoms with van der Waals surface area (Å²) in [6, 6.07) is 1.78. The maximum Gasteiger partial charge on any atom is 0.317 e. The number of carbonyl (C=O) groups excluding carboxylic acids is 1. The highest BCUT2D eigenvalue weighted by Gasteiger charge is 2.15. The molecule has 2 heterocycles. The van der Waals surface area contributed by atoms with Gasteiger partial charge in [-0.05, 0) is 6.07 Å². The summed E-state index contributed by atoms with van der Waals surface area (Å²) in [5.74, 6) is 0. The summed E-state index contributed by atoms with van der Waals surface area (Å²) >= 11 is 0. The van der Waals surface area contributed by atoms with Gasteiger partial charge in [0, 0.05) is 19.3 Å². The number of aromatic amines is 1. The third kappa shape index (κ3) is 2.69. The SMILES string of the molecule is O=C(NCc1ccn[nH]1)N1CCOCC1. The molecule has 1 aromatic rings. The summed E-state index contributed by atoms with van der Waals surface area (Å²) in [6.07, 6.45) is 1.66. The topological polar surface area (TPSA) is 70.2 Å². The largest absolute Gasteiger partial charge is 0.378 e. The van der Waals surface area contributed by atoms with Crippen LogP contribution in [0.5, 0.6) is 0 Å². The van der Waals surface area contributed by atoms with Gasteiger partial charge in [-0.2, -0.15) is 5.10 Å². The predicted molar refractivity (Wildman–Crippen MR) is 53.2 cm³/mol. The quantitative estimate of drug-likeness (QED) is 0.719. The molecule has 1 saturated heterocycles. The monoisotopic (exact) mass is 210 g/mol. The third-order valence-electron chi connectivity index (χ3n) is 2.29. The van der Waals surface area contributed by atoms with Crippen molar-refractivity contribution in [2.75, 3.05) is 26.3 Å². The van der Waals surface area contributed by atoms with E-state index in [1.165, 1.54) is 0 Å². The van der Waals surface area contributed by atoms with Gasteiger partial charge in [0.1, 0.15) is 0 Å². The van der Waals surface area contributed by atoms with E-state index in [1.54, 1.807) is 11.1 Å². The van der Waals surface area contributed by atoms with Crippen molar-refractivity contribution >= 4 is 6.03 Å². The van der Waals surface area contributed by atoms with Crippen LogP contribution in [0.2, 0.25) is 0 Å². The van der Waals surface area contributed by atoms with Crippen molar-refractivity contribution in [1.29, 1.82) is 0 Å². The molecule has 0 bridgehead atoms. The lowest BCUT2D eigenvalue weighted by molar-refractivity contribution is 0.0531. The van der Waals surface area contributed by atoms with Crippen molar-refractivity contribution in [2.45, 2.75) is 6.54 Å². The van der Waals surface area contributed by atoms with Gasteiger partial charge < -0.3 is 15.0 Å². The van der Waals surface area contributed by atoms with Gasteiger partial charge in [-0.3, -0.25) is 5.10 Å². The zero-order chi connectivity index (χ0) is 10.5. The van der Waals surface area contributed by atoms with Crippen LogP contribution < -0.4 is 5.32 Å². The van der Waals surface area contributed by atoms with Crippen LogP contribution in [0.15, 0.2) is 12.3 Å². The van der Waals surface area contributed by atoms with E-state index in [0.717, 1.165) is 5.69 Å². The van der Waals surface area contributed by atoms with Crippen molar-refractivity contribution in [1.82, 2.24) is 20.4 Å². The summed E-state index contributed by atoms with van der Waals surface area (Å²) in [6.45, 7) is 3.05. The highest BCUT2D eigenvalue weighted by molar-refractivity contribution is 5.74. The first kappa shape index (κ1) is 9.97. The lowest BCUT2D eigenvalue weighted by Crippen LogP contribution is -2.45. The second-order valence-electron chi connectivity index (χ2n) is 3.34. The molecule has 1 aromatic heterocycles. The molecule has 15 heavy (non-hydrogen) atoms. The Balaban J connectivity index is 1.76. The van der Waals surface area contributed by atoms with Gasteiger partial charge >= 0.3 is 6.03 Å². The lowest BCUT2D eigenvalue weighted by Gasteiger charge is -2.26. The normalized spacial score (nSPS) is 16.4. The van der Waals surface area contributed by atoms with Crippen LogP contribution in [0.25, 0.3) is 0 Å². The van der Waals surface area contributed by atoms with Crippen molar-refractivity contribution in [3.05, 3.63) is 18.0 Å². The number of ether oxygens (including phenoxy) is 1. The number of hydrogen-bond donors (Lipinski definition) is 2. The average molecular weight is 210 g/mol. The summed E-state index contributed by atoms with van der Waals surface area (Å²) in [5.41, 5.74) is 0.900. The molecule has 82 valence electrons. The minimum absolute atomic E-state index is 0.0482. The molecule has 0 aromatic carbocycles. The Labute approximate surface area is 87.6 Å². The van der Waals surface area contributed by atoms with Crippen LogP contribution >= 0.6 is 0 Å². The summed E-state index contributed by atoms with van der Waals surface area (Å²) in [4.78, 5) is 13.4. The fourth-order valence-corrected chi connectivity index (χ4v) is 1.43. The summed E-state index contributed by atoms with van der Waals surface area (Å²) in [5, 5.41) is 9.41. The van der Waals surface area contributed by atoms with Gasteiger partial charge in [-0.25, -0.2) is 4.79 Å². The highest BCUT2D eigenvalue weighted by atomic mass is 16.5. The molecular formula is C9H14N4O2. The smallest absolute Gasteiger partial charge is 0.317 e. The zero-order valence-electron chi connectivity index (χ0n) is 8.40. The van der Waals surface area contributed by atoms with Crippen LogP contribution in [0, 0.1) is 0 Å². The molecule has 0 saturated carbocycles. The molecule has 6 nitrogen and oxygen atoms in total. The predicted octanol–water partition coefficient (Wildman–Crippen LogP) is -0.0485. The van der Waals surface area contributed by atoms with Crippen LogP contribution in [0.4, 0.5) is 4.79 Å². The molecule has 2 amide bonds. The fourth-order valence-electron chi connectivity index (χ4n) is 1.43. The van der Waals surface area contributed by atoms with Gasteiger partial charge in [0.15, 0.2) is 0 Å². The summed E-state index contributed by atoms with van der Waals surface area (Å²) in [7, 11) is 0. The van der Waals surface area contributed by atoms with Crippen LogP contribution in [0.3, 0.4) is 0 Å². The molecule has 0 unspecified atom stereocenters. The van der Waals surface area contributed by atoms with E-state index in [1.807, 2.05) is 6.07 Å². The zero-order valence-corrected chi connectivity index (χ0v) is 8.40. The van der Waals surface area contributed by atoms with Crippen LogP contribution in [-0.4, -0.2) is 47.4 Å². The van der Waals surface area contributed by atoms with Gasteiger partial charge in [0.2, 0.25) is 0 Å². The first-order chi connectivity index (χ1) is 7.36. The molecule has 0 atom stereocenters. The van der Waals surface area contributed by atoms with Gasteiger partial charge in [0.25, 0.3) is 0 Å². The third-order valence-corrected chi connectivity index (χ3v) is 2.29. The van der Waals surface area contributed by atoms with E-state index in [2.05, 4.69) is 15.5 Å². The van der Waals surface area contributed by atoms with Gasteiger partial charge in [-0.15, -0.1) is 0 Å². The first-order valence-corrected chi connectivity index (χ1v) is 4.95. The molecule has 0 spiro atoms. The molecule has 0 radical (unpaired) electrons. The molecular weight excluding hydrogens is 196 g/mol. The molecule has 2 rings (SSSR count). The van der Waals surface area contributed by atoms with Crippen LogP contribution in [0.1, 0.15) is 5.69 Å². The highest BCUT2D eigenvalue weighted by Crippen LogP contribution is 1.98. The van der Waals surface area contributed by atoms with Crippen molar-refractivity contribution in [3.63, 3.8) is 0 Å². The lowest BCUT2D eigenvalue weighted by atomic mass is 10.4. The number of nitrogens with zero attached hydrogens (tertiary/aromatic N) is 2. The standard InChI is InChI=1S/C9H14N4O2/c14-9(13-3-5-15-6-4-13)10-7-8-1-2-11-12-8/h1-2H,3-7H2,(H,10,14)(H,11,12). The Hall–Kier alpha value is -1.56. The fraction of sp³-hybridized carbons (Fsp3) is 0.556. The van der Waals surface area contributed by atoms with E-state index in [4.69, 9.17) is 4.74 Å². The van der Waals surface area contributed by atoms with E-state index in [9.17, 15) is 4.79 Å². The van der Waals surface area contributed by atoms with Crippen molar-refractivity contribution in [3.8, 4) is 0 Å². The minimum Gasteiger partial charge on any atom is -0.378 e. The number of morpholine rings is 1. The Morgan fingerprint density at radius 1 is 1.60 bits per heavy atom. The molecule has 6 heteroatoms. The maximum absolute atomic E-state index is 11.6. The number of aromatic nitrogens is 2. The first-order valence-electron chi connectivity index (χ1n) is 4.95. The molecule has 1 aliphatic rings. The van der Waals surface area contributed by atoms with E-state index in [-0.39, 0.29) is 6.03 Å². The van der Waals surface area contributed by atoms with E-state index < -0.39 is 0 Å². The number of carbonyl (C=O) groups is 1. The van der Waals surface area contributed by atoms with Crippen molar-refractivity contribution < 1.29 is 9.53 Å². The molecule has 1 aliphatic heterocycles. The number of urea groups is 1. The second kappa shape index (κ2) is 4.79. The van der Waals surface area contributed by atoms with E-state index >= 15 is 0 Å². The Kier molecular flexibility index (Phi) is 3.18. The molecule has 1 fully saturated rings. The minimum atomic E-state index is -0.0482. The van der Waals surface area contributed by atoms with E-state index in [0.29, 0.717) is 32.8 Å². The maximum atomic E-state index is 11.6. The number of amides is 2. The molecule has 2 N–H and O–H groups in total. The number of H-pyrrole nitrogens is 1.